The number of aryl methyl sites for hydroxylation is 2. The Morgan fingerprint density at radius 2 is 1.68 bits per heavy atom. The van der Waals surface area contributed by atoms with E-state index >= 15 is 0 Å². The minimum absolute atomic E-state index is 0.125. The fourth-order valence-corrected chi connectivity index (χ4v) is 4.00. The van der Waals surface area contributed by atoms with Crippen LogP contribution in [0.5, 0.6) is 11.5 Å². The molecule has 4 aromatic rings. The second-order valence-corrected chi connectivity index (χ2v) is 7.23. The summed E-state index contributed by atoms with van der Waals surface area (Å²) in [6.07, 6.45) is 0. The monoisotopic (exact) mass is 393 g/mol. The average molecular weight is 394 g/mol. The number of ether oxygens (including phenoxy) is 2. The van der Waals surface area contributed by atoms with Crippen LogP contribution in [0.25, 0.3) is 21.8 Å². The van der Waals surface area contributed by atoms with Crippen molar-refractivity contribution in [3.63, 3.8) is 0 Å². The van der Waals surface area contributed by atoms with Crippen molar-refractivity contribution in [2.45, 2.75) is 13.8 Å². The molecule has 0 aliphatic carbocycles. The van der Waals surface area contributed by atoms with Crippen LogP contribution in [0.15, 0.2) is 42.5 Å². The van der Waals surface area contributed by atoms with Gasteiger partial charge < -0.3 is 14.5 Å². The number of hydrogen-bond acceptors (Lipinski definition) is 3. The number of H-pyrrole nitrogens is 1. The summed E-state index contributed by atoms with van der Waals surface area (Å²) in [5, 5.41) is 2.75. The number of methoxy groups -OCH3 is 2. The van der Waals surface area contributed by atoms with Gasteiger partial charge in [-0.15, -0.1) is 0 Å². The summed E-state index contributed by atoms with van der Waals surface area (Å²) in [5.74, 6) is 0.861. The number of rotatable bonds is 4. The van der Waals surface area contributed by atoms with Crippen molar-refractivity contribution in [1.82, 2.24) is 4.98 Å². The molecule has 3 aromatic carbocycles. The van der Waals surface area contributed by atoms with Gasteiger partial charge in [-0.05, 0) is 55.3 Å². The summed E-state index contributed by atoms with van der Waals surface area (Å²) in [5.41, 5.74) is 4.92. The highest BCUT2D eigenvalue weighted by atomic mass is 35.5. The van der Waals surface area contributed by atoms with Crippen molar-refractivity contribution in [3.8, 4) is 11.5 Å². The van der Waals surface area contributed by atoms with E-state index < -0.39 is 0 Å². The minimum Gasteiger partial charge on any atom is -0.496 e. The smallest absolute Gasteiger partial charge is 0.200 e. The van der Waals surface area contributed by atoms with Crippen molar-refractivity contribution in [1.29, 1.82) is 0 Å². The Balaban J connectivity index is 2.02. The number of aromatic amines is 1. The van der Waals surface area contributed by atoms with E-state index in [2.05, 4.69) is 4.98 Å². The summed E-state index contributed by atoms with van der Waals surface area (Å²) < 4.78 is 10.9. The lowest BCUT2D eigenvalue weighted by atomic mass is 9.92. The number of carbonyl (C=O) groups excluding carboxylic acids is 1. The molecule has 4 rings (SSSR count). The summed E-state index contributed by atoms with van der Waals surface area (Å²) in [4.78, 5) is 17.0. The van der Waals surface area contributed by atoms with Crippen molar-refractivity contribution >= 4 is 39.2 Å². The number of aromatic nitrogens is 1. The molecule has 1 N–H and O–H groups in total. The van der Waals surface area contributed by atoms with E-state index in [4.69, 9.17) is 21.1 Å². The van der Waals surface area contributed by atoms with Gasteiger partial charge in [0.15, 0.2) is 0 Å². The van der Waals surface area contributed by atoms with Crippen molar-refractivity contribution < 1.29 is 14.3 Å². The summed E-state index contributed by atoms with van der Waals surface area (Å²) in [6.45, 7) is 3.97. The molecule has 0 saturated heterocycles. The number of ketones is 1. The van der Waals surface area contributed by atoms with Gasteiger partial charge in [-0.1, -0.05) is 23.7 Å². The van der Waals surface area contributed by atoms with Gasteiger partial charge in [0, 0.05) is 32.4 Å². The fourth-order valence-electron chi connectivity index (χ4n) is 3.83. The highest BCUT2D eigenvalue weighted by Gasteiger charge is 2.24. The van der Waals surface area contributed by atoms with E-state index in [1.54, 1.807) is 32.4 Å². The molecule has 1 aromatic heterocycles. The zero-order valence-electron chi connectivity index (χ0n) is 16.1. The van der Waals surface area contributed by atoms with Crippen LogP contribution in [0.4, 0.5) is 0 Å². The number of halogens is 1. The Labute approximate surface area is 168 Å². The van der Waals surface area contributed by atoms with Gasteiger partial charge in [-0.2, -0.15) is 0 Å². The first-order chi connectivity index (χ1) is 13.5. The molecular weight excluding hydrogens is 374 g/mol. The van der Waals surface area contributed by atoms with E-state index in [0.717, 1.165) is 32.9 Å². The Bertz CT molecular complexity index is 1220. The predicted octanol–water partition coefficient (Wildman–Crippen LogP) is 5.84. The molecule has 0 spiro atoms. The number of nitrogens with one attached hydrogen (secondary N) is 1. The predicted molar refractivity (Wildman–Crippen MR) is 113 cm³/mol. The van der Waals surface area contributed by atoms with Crippen LogP contribution < -0.4 is 9.47 Å². The van der Waals surface area contributed by atoms with Gasteiger partial charge in [0.25, 0.3) is 0 Å². The Morgan fingerprint density at radius 1 is 1.00 bits per heavy atom. The largest absolute Gasteiger partial charge is 0.496 e. The van der Waals surface area contributed by atoms with Crippen LogP contribution in [0.2, 0.25) is 5.02 Å². The van der Waals surface area contributed by atoms with Crippen molar-refractivity contribution in [2.75, 3.05) is 14.2 Å². The lowest BCUT2D eigenvalue weighted by molar-refractivity contribution is 0.103. The molecule has 0 aliphatic rings. The molecule has 0 amide bonds. The maximum Gasteiger partial charge on any atom is 0.200 e. The molecule has 0 aliphatic heterocycles. The van der Waals surface area contributed by atoms with Crippen LogP contribution >= 0.6 is 11.6 Å². The molecule has 0 bridgehead atoms. The zero-order valence-corrected chi connectivity index (χ0v) is 16.9. The highest BCUT2D eigenvalue weighted by molar-refractivity contribution is 6.31. The van der Waals surface area contributed by atoms with Gasteiger partial charge >= 0.3 is 0 Å². The number of fused-ring (bicyclic) bond motifs is 3. The SMILES string of the molecule is COc1cccc(OC)c1C(=O)c1cc(C)c2[nH]c3cc(Cl)ccc3c2c1C. The second-order valence-electron chi connectivity index (χ2n) is 6.80. The number of carbonyl (C=O) groups is 1. The van der Waals surface area contributed by atoms with Gasteiger partial charge in [0.1, 0.15) is 17.1 Å². The quantitative estimate of drug-likeness (QED) is 0.443. The standard InChI is InChI=1S/C23H20ClNO3/c1-12-10-16(23(26)21-18(27-3)6-5-7-19(21)28-4)13(2)20-15-9-8-14(24)11-17(15)25-22(12)20/h5-11,25H,1-4H3. The number of benzene rings is 3. The highest BCUT2D eigenvalue weighted by Crippen LogP contribution is 2.37. The molecular formula is C23H20ClNO3. The summed E-state index contributed by atoms with van der Waals surface area (Å²) in [6, 6.07) is 13.0. The molecule has 0 radical (unpaired) electrons. The molecule has 4 nitrogen and oxygen atoms in total. The van der Waals surface area contributed by atoms with Crippen LogP contribution in [0.1, 0.15) is 27.0 Å². The van der Waals surface area contributed by atoms with E-state index in [1.807, 2.05) is 38.1 Å². The molecule has 0 fully saturated rings. The van der Waals surface area contributed by atoms with Crippen LogP contribution in [-0.2, 0) is 0 Å². The zero-order chi connectivity index (χ0) is 20.0. The summed E-state index contributed by atoms with van der Waals surface area (Å²) >= 11 is 6.15. The van der Waals surface area contributed by atoms with Crippen LogP contribution in [0.3, 0.4) is 0 Å². The Hall–Kier alpha value is -2.98. The molecule has 142 valence electrons. The Kier molecular flexibility index (Phi) is 4.52. The third-order valence-electron chi connectivity index (χ3n) is 5.19. The molecule has 0 unspecified atom stereocenters. The fraction of sp³-hybridized carbons (Fsp3) is 0.174. The van der Waals surface area contributed by atoms with Gasteiger partial charge in [0.05, 0.1) is 14.2 Å². The second kappa shape index (κ2) is 6.88. The molecule has 0 saturated carbocycles. The molecule has 0 atom stereocenters. The van der Waals surface area contributed by atoms with Gasteiger partial charge in [-0.25, -0.2) is 0 Å². The van der Waals surface area contributed by atoms with Gasteiger partial charge in [-0.3, -0.25) is 4.79 Å². The van der Waals surface area contributed by atoms with E-state index in [-0.39, 0.29) is 5.78 Å². The average Bonchev–Trinajstić information content (AvgIpc) is 3.08. The van der Waals surface area contributed by atoms with Crippen molar-refractivity contribution in [2.24, 2.45) is 0 Å². The van der Waals surface area contributed by atoms with Crippen LogP contribution in [0, 0.1) is 13.8 Å². The molecule has 28 heavy (non-hydrogen) atoms. The van der Waals surface area contributed by atoms with E-state index in [1.165, 1.54) is 0 Å². The third kappa shape index (κ3) is 2.72. The van der Waals surface area contributed by atoms with Crippen LogP contribution in [-0.4, -0.2) is 25.0 Å². The summed E-state index contributed by atoms with van der Waals surface area (Å²) in [7, 11) is 3.10. The first-order valence-electron chi connectivity index (χ1n) is 8.93. The molecule has 5 heteroatoms. The lowest BCUT2D eigenvalue weighted by Gasteiger charge is -2.14. The first-order valence-corrected chi connectivity index (χ1v) is 9.31. The molecule has 1 heterocycles. The maximum absolute atomic E-state index is 13.5. The van der Waals surface area contributed by atoms with E-state index in [0.29, 0.717) is 27.6 Å². The third-order valence-corrected chi connectivity index (χ3v) is 5.43. The first kappa shape index (κ1) is 18.4. The van der Waals surface area contributed by atoms with Crippen molar-refractivity contribution in [3.05, 3.63) is 69.7 Å². The topological polar surface area (TPSA) is 51.3 Å². The normalized spacial score (nSPS) is 11.2. The lowest BCUT2D eigenvalue weighted by Crippen LogP contribution is -2.09. The number of hydrogen-bond donors (Lipinski definition) is 1. The van der Waals surface area contributed by atoms with E-state index in [9.17, 15) is 4.79 Å². The van der Waals surface area contributed by atoms with Gasteiger partial charge in [0.2, 0.25) is 5.78 Å². The Morgan fingerprint density at radius 3 is 2.32 bits per heavy atom. The maximum atomic E-state index is 13.5. The minimum atomic E-state index is -0.125.